The molecule has 0 spiro atoms. The van der Waals surface area contributed by atoms with Gasteiger partial charge in [0.25, 0.3) is 5.91 Å². The summed E-state index contributed by atoms with van der Waals surface area (Å²) in [5, 5.41) is 0.691. The number of para-hydroxylation sites is 3. The first-order valence-corrected chi connectivity index (χ1v) is 11.4. The molecule has 0 saturated carbocycles. The fraction of sp³-hybridized carbons (Fsp3) is 0.250. The highest BCUT2D eigenvalue weighted by atomic mass is 32.1. The van der Waals surface area contributed by atoms with Crippen molar-refractivity contribution in [1.82, 2.24) is 19.9 Å². The molecule has 1 aliphatic heterocycles. The van der Waals surface area contributed by atoms with Gasteiger partial charge in [0.05, 0.1) is 29.0 Å². The number of carbonyl (C=O) groups is 1. The van der Waals surface area contributed by atoms with Crippen LogP contribution in [-0.2, 0) is 0 Å². The van der Waals surface area contributed by atoms with E-state index in [0.717, 1.165) is 34.7 Å². The van der Waals surface area contributed by atoms with Gasteiger partial charge in [-0.2, -0.15) is 0 Å². The Labute approximate surface area is 190 Å². The van der Waals surface area contributed by atoms with Crippen LogP contribution in [0.25, 0.3) is 20.9 Å². The van der Waals surface area contributed by atoms with Crippen LogP contribution >= 0.6 is 11.3 Å². The predicted octanol–water partition coefficient (Wildman–Crippen LogP) is 4.11. The number of likely N-dealkylation sites (N-methyl/N-ethyl adjacent to an activating group) is 2. The van der Waals surface area contributed by atoms with Gasteiger partial charge in [-0.1, -0.05) is 24.3 Å². The smallest absolute Gasteiger partial charge is 0.274 e. The van der Waals surface area contributed by atoms with Crippen molar-refractivity contribution >= 4 is 33.1 Å². The van der Waals surface area contributed by atoms with Crippen molar-refractivity contribution in [3.05, 3.63) is 66.6 Å². The van der Waals surface area contributed by atoms with E-state index in [4.69, 9.17) is 4.74 Å². The maximum Gasteiger partial charge on any atom is 0.274 e. The van der Waals surface area contributed by atoms with Crippen LogP contribution in [-0.4, -0.2) is 58.5 Å². The Kier molecular flexibility index (Phi) is 5.45. The second kappa shape index (κ2) is 8.55. The molecule has 5 rings (SSSR count). The number of aromatic nitrogens is 3. The minimum atomic E-state index is -0.196. The van der Waals surface area contributed by atoms with Crippen LogP contribution in [0, 0.1) is 0 Å². The van der Waals surface area contributed by atoms with Crippen molar-refractivity contribution in [2.45, 2.75) is 13.0 Å². The van der Waals surface area contributed by atoms with E-state index in [1.54, 1.807) is 24.3 Å². The highest BCUT2D eigenvalue weighted by Gasteiger charge is 2.28. The second-order valence-corrected chi connectivity index (χ2v) is 8.70. The van der Waals surface area contributed by atoms with Gasteiger partial charge in [-0.15, -0.1) is 11.3 Å². The predicted molar refractivity (Wildman–Crippen MR) is 126 cm³/mol. The average molecular weight is 446 g/mol. The van der Waals surface area contributed by atoms with Gasteiger partial charge in [0.1, 0.15) is 22.6 Å². The van der Waals surface area contributed by atoms with Gasteiger partial charge in [-0.3, -0.25) is 4.79 Å². The summed E-state index contributed by atoms with van der Waals surface area (Å²) in [4.78, 5) is 30.8. The van der Waals surface area contributed by atoms with E-state index in [-0.39, 0.29) is 12.0 Å². The minimum Gasteiger partial charge on any atom is -0.485 e. The van der Waals surface area contributed by atoms with Crippen molar-refractivity contribution in [1.29, 1.82) is 0 Å². The molecule has 3 heterocycles. The molecule has 0 N–H and O–H groups in total. The third-order valence-corrected chi connectivity index (χ3v) is 6.57. The van der Waals surface area contributed by atoms with Gasteiger partial charge in [0.15, 0.2) is 5.69 Å². The zero-order valence-corrected chi connectivity index (χ0v) is 18.7. The van der Waals surface area contributed by atoms with Gasteiger partial charge in [-0.25, -0.2) is 15.0 Å². The summed E-state index contributed by atoms with van der Waals surface area (Å²) in [5.41, 5.74) is 2.79. The van der Waals surface area contributed by atoms with Gasteiger partial charge in [-0.05, 0) is 31.2 Å². The molecule has 162 valence electrons. The number of hydrogen-bond acceptors (Lipinski definition) is 7. The molecule has 0 saturated heterocycles. The highest BCUT2D eigenvalue weighted by molar-refractivity contribution is 7.21. The molecule has 0 fully saturated rings. The van der Waals surface area contributed by atoms with Crippen LogP contribution in [0.3, 0.4) is 0 Å². The van der Waals surface area contributed by atoms with E-state index >= 15 is 0 Å². The van der Waals surface area contributed by atoms with Crippen LogP contribution < -0.4 is 9.64 Å². The van der Waals surface area contributed by atoms with E-state index in [9.17, 15) is 4.79 Å². The standard InChI is InChI=1S/C24H23N5O2S/c1-3-29-15-16(31-19-10-6-5-9-18(19)29)14-28(2)24(30)22-21(25-12-13-26-22)23-27-17-8-4-7-11-20(17)32-23/h4-13,16H,3,14-15H2,1-2H3/t16-/m0/s1. The van der Waals surface area contributed by atoms with E-state index < -0.39 is 0 Å². The van der Waals surface area contributed by atoms with Gasteiger partial charge in [0.2, 0.25) is 0 Å². The summed E-state index contributed by atoms with van der Waals surface area (Å²) >= 11 is 1.51. The van der Waals surface area contributed by atoms with E-state index in [2.05, 4.69) is 32.8 Å². The number of amides is 1. The van der Waals surface area contributed by atoms with E-state index in [1.807, 2.05) is 42.5 Å². The van der Waals surface area contributed by atoms with E-state index in [1.165, 1.54) is 11.3 Å². The first-order valence-electron chi connectivity index (χ1n) is 10.6. The largest absolute Gasteiger partial charge is 0.485 e. The molecule has 32 heavy (non-hydrogen) atoms. The molecule has 1 aliphatic rings. The van der Waals surface area contributed by atoms with Crippen LogP contribution in [0.2, 0.25) is 0 Å². The van der Waals surface area contributed by atoms with Crippen LogP contribution in [0.15, 0.2) is 60.9 Å². The lowest BCUT2D eigenvalue weighted by Crippen LogP contribution is -2.47. The van der Waals surface area contributed by atoms with Crippen molar-refractivity contribution in [2.24, 2.45) is 0 Å². The zero-order chi connectivity index (χ0) is 22.1. The maximum atomic E-state index is 13.4. The Morgan fingerprint density at radius 3 is 2.78 bits per heavy atom. The highest BCUT2D eigenvalue weighted by Crippen LogP contribution is 2.33. The summed E-state index contributed by atoms with van der Waals surface area (Å²) in [6.45, 7) is 4.16. The van der Waals surface area contributed by atoms with Crippen molar-refractivity contribution in [3.8, 4) is 16.5 Å². The van der Waals surface area contributed by atoms with E-state index in [0.29, 0.717) is 22.9 Å². The molecular weight excluding hydrogens is 422 g/mol. The lowest BCUT2D eigenvalue weighted by atomic mass is 10.1. The number of benzene rings is 2. The van der Waals surface area contributed by atoms with Crippen molar-refractivity contribution < 1.29 is 9.53 Å². The Balaban J connectivity index is 1.38. The maximum absolute atomic E-state index is 13.4. The normalized spacial score (nSPS) is 15.3. The molecular formula is C24H23N5O2S. The lowest BCUT2D eigenvalue weighted by molar-refractivity contribution is 0.0704. The summed E-state index contributed by atoms with van der Waals surface area (Å²) in [7, 11) is 1.78. The molecule has 8 heteroatoms. The van der Waals surface area contributed by atoms with Crippen LogP contribution in [0.4, 0.5) is 5.69 Å². The van der Waals surface area contributed by atoms with Gasteiger partial charge in [0, 0.05) is 26.0 Å². The number of rotatable bonds is 5. The molecule has 0 aliphatic carbocycles. The molecule has 0 radical (unpaired) electrons. The summed E-state index contributed by atoms with van der Waals surface area (Å²) in [6, 6.07) is 15.9. The topological polar surface area (TPSA) is 71.5 Å². The second-order valence-electron chi connectivity index (χ2n) is 7.67. The first kappa shape index (κ1) is 20.4. The van der Waals surface area contributed by atoms with Crippen LogP contribution in [0.1, 0.15) is 17.4 Å². The molecule has 2 aromatic carbocycles. The fourth-order valence-electron chi connectivity index (χ4n) is 3.97. The molecule has 0 bridgehead atoms. The molecule has 7 nitrogen and oxygen atoms in total. The molecule has 1 atom stereocenters. The van der Waals surface area contributed by atoms with Crippen molar-refractivity contribution in [3.63, 3.8) is 0 Å². The Morgan fingerprint density at radius 1 is 1.16 bits per heavy atom. The first-order chi connectivity index (χ1) is 15.6. The minimum absolute atomic E-state index is 0.138. The number of carbonyl (C=O) groups excluding carboxylic acids is 1. The Hall–Kier alpha value is -3.52. The molecule has 0 unspecified atom stereocenters. The number of thiazole rings is 1. The van der Waals surface area contributed by atoms with Gasteiger partial charge >= 0.3 is 0 Å². The third kappa shape index (κ3) is 3.78. The lowest BCUT2D eigenvalue weighted by Gasteiger charge is -2.37. The molecule has 2 aromatic heterocycles. The number of ether oxygens (including phenoxy) is 1. The fourth-order valence-corrected chi connectivity index (χ4v) is 4.93. The zero-order valence-electron chi connectivity index (χ0n) is 17.9. The molecule has 1 amide bonds. The Bertz CT molecular complexity index is 1240. The number of fused-ring (bicyclic) bond motifs is 2. The summed E-state index contributed by atoms with van der Waals surface area (Å²) in [5.74, 6) is 0.652. The quantitative estimate of drug-likeness (QED) is 0.460. The van der Waals surface area contributed by atoms with Gasteiger partial charge < -0.3 is 14.5 Å². The number of anilines is 1. The summed E-state index contributed by atoms with van der Waals surface area (Å²) in [6.07, 6.45) is 3.00. The SMILES string of the molecule is CCN1C[C@H](CN(C)C(=O)c2nccnc2-c2nc3ccccc3s2)Oc2ccccc21. The van der Waals surface area contributed by atoms with Crippen LogP contribution in [0.5, 0.6) is 5.75 Å². The molecule has 4 aromatic rings. The average Bonchev–Trinajstić information content (AvgIpc) is 3.27. The van der Waals surface area contributed by atoms with Crippen molar-refractivity contribution in [2.75, 3.05) is 31.6 Å². The monoisotopic (exact) mass is 445 g/mol. The number of hydrogen-bond donors (Lipinski definition) is 0. The summed E-state index contributed by atoms with van der Waals surface area (Å²) < 4.78 is 7.24. The third-order valence-electron chi connectivity index (χ3n) is 5.53. The number of nitrogens with zero attached hydrogens (tertiary/aromatic N) is 5. The Morgan fingerprint density at radius 2 is 1.94 bits per heavy atom.